The molecule has 3 saturated heterocycles. The van der Waals surface area contributed by atoms with Gasteiger partial charge in [0, 0.05) is 91.3 Å². The monoisotopic (exact) mass is 936 g/mol. The summed E-state index contributed by atoms with van der Waals surface area (Å²) < 4.78 is 98.2. The predicted octanol–water partition coefficient (Wildman–Crippen LogP) is 7.65. The highest BCUT2D eigenvalue weighted by Crippen LogP contribution is 2.55. The van der Waals surface area contributed by atoms with Crippen LogP contribution in [-0.4, -0.2) is 108 Å². The number of nitrogens with one attached hydrogen (secondary N) is 3. The number of sulfone groups is 1. The Balaban J connectivity index is 0.864. The van der Waals surface area contributed by atoms with E-state index in [9.17, 15) is 34.8 Å². The first-order valence-corrected chi connectivity index (χ1v) is 26.2. The number of carbonyl (C=O) groups excluding carboxylic acids is 1. The van der Waals surface area contributed by atoms with Crippen LogP contribution in [0.3, 0.4) is 0 Å². The molecule has 5 fully saturated rings. The van der Waals surface area contributed by atoms with Crippen molar-refractivity contribution in [1.82, 2.24) is 19.8 Å². The smallest absolute Gasteiger partial charge is 0.380 e. The van der Waals surface area contributed by atoms with Gasteiger partial charge >= 0.3 is 5.51 Å². The highest BCUT2D eigenvalue weighted by Gasteiger charge is 2.55. The van der Waals surface area contributed by atoms with Crippen molar-refractivity contribution in [2.75, 3.05) is 68.3 Å². The number of piperazine rings is 1. The molecule has 2 aliphatic carbocycles. The normalized spacial score (nSPS) is 21.3. The van der Waals surface area contributed by atoms with E-state index in [-0.39, 0.29) is 16.7 Å². The molecule has 17 heteroatoms. The molecule has 5 aliphatic rings. The van der Waals surface area contributed by atoms with Gasteiger partial charge < -0.3 is 20.4 Å². The van der Waals surface area contributed by atoms with Crippen molar-refractivity contribution in [2.24, 2.45) is 5.41 Å². The summed E-state index contributed by atoms with van der Waals surface area (Å²) in [5.74, 6) is 0.116. The van der Waals surface area contributed by atoms with Gasteiger partial charge in [-0.3, -0.25) is 9.69 Å². The summed E-state index contributed by atoms with van der Waals surface area (Å²) in [5.41, 5.74) is -2.06. The highest BCUT2D eigenvalue weighted by molar-refractivity contribution is 7.99. The summed E-state index contributed by atoms with van der Waals surface area (Å²) in [6.45, 7) is 6.57. The molecule has 0 bridgehead atoms. The van der Waals surface area contributed by atoms with Crippen molar-refractivity contribution >= 4 is 48.9 Å². The van der Waals surface area contributed by atoms with Crippen molar-refractivity contribution < 1.29 is 34.8 Å². The number of anilines is 2. The van der Waals surface area contributed by atoms with Crippen molar-refractivity contribution in [2.45, 2.75) is 89.2 Å². The Morgan fingerprint density at radius 3 is 2.28 bits per heavy atom. The lowest BCUT2D eigenvalue weighted by Gasteiger charge is -2.62. The predicted molar refractivity (Wildman–Crippen MR) is 244 cm³/mol. The minimum Gasteiger partial charge on any atom is -0.380 e. The number of sulfonamides is 1. The van der Waals surface area contributed by atoms with Crippen LogP contribution in [0.25, 0.3) is 0 Å². The summed E-state index contributed by atoms with van der Waals surface area (Å²) in [6.07, 6.45) is 7.64. The van der Waals surface area contributed by atoms with Crippen molar-refractivity contribution in [3.8, 4) is 0 Å². The lowest BCUT2D eigenvalue weighted by Crippen LogP contribution is -2.66. The molecule has 64 heavy (non-hydrogen) atoms. The Bertz CT molecular complexity index is 2540. The number of nitrogens with zero attached hydrogens (tertiary/aromatic N) is 3. The van der Waals surface area contributed by atoms with Gasteiger partial charge in [0.1, 0.15) is 4.90 Å². The van der Waals surface area contributed by atoms with E-state index < -0.39 is 47.1 Å². The third-order valence-corrected chi connectivity index (χ3v) is 17.7. The Labute approximate surface area is 378 Å². The molecule has 2 saturated carbocycles. The molecule has 3 aliphatic heterocycles. The first-order chi connectivity index (χ1) is 30.7. The highest BCUT2D eigenvalue weighted by atomic mass is 32.2. The van der Waals surface area contributed by atoms with Gasteiger partial charge in [0.15, 0.2) is 0 Å². The molecule has 0 unspecified atom stereocenters. The number of hydrogen-bond acceptors (Lipinski definition) is 11. The van der Waals surface area contributed by atoms with E-state index in [0.717, 1.165) is 81.4 Å². The lowest BCUT2D eigenvalue weighted by atomic mass is 9.60. The van der Waals surface area contributed by atoms with Crippen molar-refractivity contribution in [3.63, 3.8) is 0 Å². The molecule has 0 aromatic heterocycles. The second-order valence-corrected chi connectivity index (χ2v) is 22.8. The third-order valence-electron chi connectivity index (χ3n) is 13.6. The molecule has 2 atom stereocenters. The van der Waals surface area contributed by atoms with Gasteiger partial charge in [0.2, 0.25) is 0 Å². The van der Waals surface area contributed by atoms with Gasteiger partial charge in [-0.05, 0) is 117 Å². The fraction of sp³-hybridized carbons (Fsp3) is 0.468. The maximum absolute atomic E-state index is 14.2. The van der Waals surface area contributed by atoms with Gasteiger partial charge in [-0.1, -0.05) is 48.5 Å². The van der Waals surface area contributed by atoms with E-state index in [1.165, 1.54) is 54.6 Å². The van der Waals surface area contributed by atoms with E-state index in [4.69, 9.17) is 0 Å². The van der Waals surface area contributed by atoms with Crippen molar-refractivity contribution in [3.05, 3.63) is 114 Å². The molecule has 4 aromatic rings. The Kier molecular flexibility index (Phi) is 12.9. The number of rotatable bonds is 16. The van der Waals surface area contributed by atoms with Gasteiger partial charge in [-0.25, -0.2) is 21.6 Å². The zero-order valence-electron chi connectivity index (χ0n) is 35.6. The molecule has 11 nitrogen and oxygen atoms in total. The van der Waals surface area contributed by atoms with Crippen LogP contribution >= 0.6 is 11.8 Å². The van der Waals surface area contributed by atoms with Crippen LogP contribution < -0.4 is 20.3 Å². The summed E-state index contributed by atoms with van der Waals surface area (Å²) in [7, 11) is -10.9. The maximum atomic E-state index is 14.2. The minimum absolute atomic E-state index is 0.0485. The summed E-state index contributed by atoms with van der Waals surface area (Å²) in [6, 6.07) is 28.1. The first kappa shape index (κ1) is 45.0. The number of halogens is 3. The number of hydrogen-bond donors (Lipinski definition) is 3. The third kappa shape index (κ3) is 9.71. The number of benzene rings is 4. The molecule has 4 aromatic carbocycles. The SMILES string of the molecule is O=C(NS(=O)(=O)c1ccc(N[C@H](CCN2CCNCC2)CSc2ccccc2)c(S(=O)(=O)C(F)(F)F)c1)c1cccc(N2CC3(CC(N4CCC[C@H]4c4ccccc4C4CC4)C3)C2)c1. The molecule has 9 rings (SSSR count). The molecule has 1 spiro atoms. The molecule has 3 N–H and O–H groups in total. The lowest BCUT2D eigenvalue weighted by molar-refractivity contribution is -0.0436. The standard InChI is InChI=1S/C47H55F3N6O5S3/c48-47(49,50)63(58,59)44-27-39(17-18-42(44)52-35(19-23-54-24-20-51-21-25-54)30-62-38-10-2-1-3-11-38)64(60,61)53-45(57)34-8-6-9-36(26-34)55-31-46(32-55)28-37(29-46)56-22-7-14-43(56)41-13-5-4-12-40(41)33-15-16-33/h1-6,8-13,17-18,26-27,33,35,37,43,51-52H,7,14-16,19-25,28-32H2,(H,53,57)/t35-,43+/m1/s1. The number of carbonyl (C=O) groups is 1. The van der Waals surface area contributed by atoms with E-state index >= 15 is 0 Å². The van der Waals surface area contributed by atoms with E-state index in [1.54, 1.807) is 12.1 Å². The Hall–Kier alpha value is -4.13. The molecule has 0 radical (unpaired) electrons. The molecular weight excluding hydrogens is 882 g/mol. The van der Waals surface area contributed by atoms with Gasteiger partial charge in [0.05, 0.1) is 10.6 Å². The van der Waals surface area contributed by atoms with E-state index in [2.05, 4.69) is 49.6 Å². The van der Waals surface area contributed by atoms with E-state index in [1.807, 2.05) is 41.1 Å². The van der Waals surface area contributed by atoms with Crippen LogP contribution in [0.1, 0.15) is 78.4 Å². The Morgan fingerprint density at radius 1 is 0.844 bits per heavy atom. The quantitative estimate of drug-likeness (QED) is 0.0959. The fourth-order valence-electron chi connectivity index (χ4n) is 10.1. The van der Waals surface area contributed by atoms with Gasteiger partial charge in [-0.2, -0.15) is 13.2 Å². The summed E-state index contributed by atoms with van der Waals surface area (Å²) in [4.78, 5) is 19.6. The minimum atomic E-state index is -6.04. The zero-order chi connectivity index (χ0) is 44.7. The van der Waals surface area contributed by atoms with Gasteiger partial charge in [-0.15, -0.1) is 11.8 Å². The average Bonchev–Trinajstić information content (AvgIpc) is 4.00. The van der Waals surface area contributed by atoms with Crippen LogP contribution in [0.15, 0.2) is 112 Å². The van der Waals surface area contributed by atoms with Gasteiger partial charge in [0.25, 0.3) is 25.8 Å². The second kappa shape index (κ2) is 18.3. The fourth-order valence-corrected chi connectivity index (χ4v) is 13.2. The number of thioether (sulfide) groups is 1. The number of likely N-dealkylation sites (tertiary alicyclic amines) is 1. The largest absolute Gasteiger partial charge is 0.501 e. The van der Waals surface area contributed by atoms with E-state index in [0.29, 0.717) is 42.8 Å². The topological polar surface area (TPSA) is 131 Å². The molecule has 3 heterocycles. The maximum Gasteiger partial charge on any atom is 0.501 e. The van der Waals surface area contributed by atoms with Crippen LogP contribution in [0.5, 0.6) is 0 Å². The summed E-state index contributed by atoms with van der Waals surface area (Å²) in [5, 5.41) is 6.31. The molecule has 1 amide bonds. The molecule has 342 valence electrons. The molecular formula is C47H55F3N6O5S3. The summed E-state index contributed by atoms with van der Waals surface area (Å²) >= 11 is 1.47. The zero-order valence-corrected chi connectivity index (χ0v) is 38.1. The number of alkyl halides is 3. The number of amides is 1. The second-order valence-electron chi connectivity index (χ2n) is 18.2. The van der Waals surface area contributed by atoms with Crippen molar-refractivity contribution in [1.29, 1.82) is 0 Å². The van der Waals surface area contributed by atoms with Crippen LogP contribution in [0.4, 0.5) is 24.5 Å². The Morgan fingerprint density at radius 2 is 1.56 bits per heavy atom. The average molecular weight is 937 g/mol. The van der Waals surface area contributed by atoms with Crippen LogP contribution in [0.2, 0.25) is 0 Å². The van der Waals surface area contributed by atoms with Crippen LogP contribution in [-0.2, 0) is 19.9 Å². The van der Waals surface area contributed by atoms with Crippen LogP contribution in [0, 0.1) is 5.41 Å². The first-order valence-electron chi connectivity index (χ1n) is 22.3.